The average molecular weight is 721 g/mol. The minimum absolute atomic E-state index is 0.0532. The largest absolute Gasteiger partial charge is 0.508 e. The molecule has 3 nitrogen and oxygen atoms in total. The second-order valence-electron chi connectivity index (χ2n) is 15.3. The fourth-order valence-corrected chi connectivity index (χ4v) is 10.2. The minimum Gasteiger partial charge on any atom is -0.508 e. The van der Waals surface area contributed by atoms with Gasteiger partial charge in [0.05, 0.1) is 6.10 Å². The highest BCUT2D eigenvalue weighted by Gasteiger charge is 2.81. The summed E-state index contributed by atoms with van der Waals surface area (Å²) in [6.45, 7) is 6.76. The van der Waals surface area contributed by atoms with Crippen LogP contribution in [0, 0.1) is 28.6 Å². The van der Waals surface area contributed by atoms with Crippen molar-refractivity contribution in [3.8, 4) is 5.75 Å². The molecule has 0 amide bonds. The van der Waals surface area contributed by atoms with Gasteiger partial charge in [-0.3, -0.25) is 4.21 Å². The van der Waals surface area contributed by atoms with Gasteiger partial charge in [0.1, 0.15) is 5.75 Å². The number of hydrogen-bond donors (Lipinski definition) is 2. The SMILES string of the molecule is CC1(C)[C@H](O)CC2C3C(CC[C@@]21C)c1ccc(O)cc1C[C@H]3CCCCCCCCCS(=O)CCC(F)(F)C(F)(F)C(F)(F)C(F)(F)F. The zero-order chi connectivity index (χ0) is 35.9. The molecular formula is C35H49F9O3S. The van der Waals surface area contributed by atoms with Crippen molar-refractivity contribution in [1.82, 2.24) is 0 Å². The third-order valence-electron chi connectivity index (χ3n) is 12.4. The van der Waals surface area contributed by atoms with E-state index in [4.69, 9.17) is 0 Å². The van der Waals surface area contributed by atoms with Crippen molar-refractivity contribution >= 4 is 10.8 Å². The van der Waals surface area contributed by atoms with Crippen LogP contribution in [-0.4, -0.2) is 56.0 Å². The lowest BCUT2D eigenvalue weighted by atomic mass is 9.49. The van der Waals surface area contributed by atoms with Gasteiger partial charge < -0.3 is 10.2 Å². The molecule has 0 bridgehead atoms. The molecule has 276 valence electrons. The summed E-state index contributed by atoms with van der Waals surface area (Å²) in [5, 5.41) is 21.3. The maximum Gasteiger partial charge on any atom is 0.460 e. The quantitative estimate of drug-likeness (QED) is 0.140. The van der Waals surface area contributed by atoms with Crippen LogP contribution in [0.3, 0.4) is 0 Å². The Bertz CT molecular complexity index is 1280. The van der Waals surface area contributed by atoms with Gasteiger partial charge in [-0.1, -0.05) is 65.4 Å². The highest BCUT2D eigenvalue weighted by Crippen LogP contribution is 2.68. The topological polar surface area (TPSA) is 57.5 Å². The molecule has 13 heteroatoms. The summed E-state index contributed by atoms with van der Waals surface area (Å²) >= 11 is 0. The van der Waals surface area contributed by atoms with Crippen LogP contribution in [0.5, 0.6) is 5.75 Å². The first-order chi connectivity index (χ1) is 22.1. The number of benzene rings is 1. The van der Waals surface area contributed by atoms with E-state index in [-0.39, 0.29) is 28.4 Å². The van der Waals surface area contributed by atoms with Crippen molar-refractivity contribution in [3.63, 3.8) is 0 Å². The van der Waals surface area contributed by atoms with E-state index in [0.717, 1.165) is 64.2 Å². The van der Waals surface area contributed by atoms with Crippen molar-refractivity contribution in [1.29, 1.82) is 0 Å². The lowest BCUT2D eigenvalue weighted by molar-refractivity contribution is -0.396. The number of aromatic hydroxyl groups is 1. The molecule has 2 saturated carbocycles. The van der Waals surface area contributed by atoms with Crippen LogP contribution < -0.4 is 0 Å². The molecule has 0 aliphatic heterocycles. The molecule has 7 atom stereocenters. The lowest BCUT2D eigenvalue weighted by Gasteiger charge is -2.55. The molecular weight excluding hydrogens is 671 g/mol. The average Bonchev–Trinajstić information content (AvgIpc) is 3.17. The fraction of sp³-hybridized carbons (Fsp3) is 0.829. The van der Waals surface area contributed by atoms with Crippen LogP contribution in [0.15, 0.2) is 18.2 Å². The molecule has 0 heterocycles. The maximum atomic E-state index is 13.7. The number of halogens is 9. The number of phenolic OH excluding ortho intramolecular Hbond substituents is 1. The molecule has 2 fully saturated rings. The molecule has 3 aliphatic rings. The first-order valence-corrected chi connectivity index (χ1v) is 18.6. The number of phenols is 1. The number of rotatable bonds is 15. The van der Waals surface area contributed by atoms with E-state index in [1.54, 1.807) is 6.07 Å². The number of unbranched alkanes of at least 4 members (excludes halogenated alkanes) is 6. The van der Waals surface area contributed by atoms with Crippen LogP contribution in [0.2, 0.25) is 0 Å². The van der Waals surface area contributed by atoms with Gasteiger partial charge >= 0.3 is 23.9 Å². The number of fused-ring (bicyclic) bond motifs is 5. The van der Waals surface area contributed by atoms with E-state index in [1.165, 1.54) is 11.1 Å². The van der Waals surface area contributed by atoms with Gasteiger partial charge in [0.25, 0.3) is 0 Å². The van der Waals surface area contributed by atoms with Crippen molar-refractivity contribution in [2.24, 2.45) is 28.6 Å². The summed E-state index contributed by atoms with van der Waals surface area (Å²) in [5.74, 6) is -18.5. The molecule has 0 spiro atoms. The molecule has 4 unspecified atom stereocenters. The third-order valence-corrected chi connectivity index (χ3v) is 13.8. The Hall–Kier alpha value is -1.50. The van der Waals surface area contributed by atoms with Crippen LogP contribution >= 0.6 is 0 Å². The molecule has 1 aromatic rings. The highest BCUT2D eigenvalue weighted by atomic mass is 32.2. The normalized spacial score (nSPS) is 29.6. The van der Waals surface area contributed by atoms with Crippen molar-refractivity contribution in [2.75, 3.05) is 11.5 Å². The monoisotopic (exact) mass is 720 g/mol. The van der Waals surface area contributed by atoms with Gasteiger partial charge in [-0.2, -0.15) is 39.5 Å². The summed E-state index contributed by atoms with van der Waals surface area (Å²) in [6.07, 6.45) is 1.15. The number of aliphatic hydroxyl groups is 1. The minimum atomic E-state index is -6.92. The van der Waals surface area contributed by atoms with E-state index in [9.17, 15) is 53.9 Å². The first kappa shape index (κ1) is 39.3. The van der Waals surface area contributed by atoms with E-state index < -0.39 is 46.9 Å². The maximum absolute atomic E-state index is 13.7. The molecule has 1 aromatic carbocycles. The Morgan fingerprint density at radius 2 is 1.46 bits per heavy atom. The van der Waals surface area contributed by atoms with Crippen molar-refractivity contribution in [3.05, 3.63) is 29.3 Å². The molecule has 2 N–H and O–H groups in total. The van der Waals surface area contributed by atoms with E-state index in [1.807, 2.05) is 6.07 Å². The predicted molar refractivity (Wildman–Crippen MR) is 167 cm³/mol. The lowest BCUT2D eigenvalue weighted by Crippen LogP contribution is -2.61. The fourth-order valence-electron chi connectivity index (χ4n) is 9.00. The smallest absolute Gasteiger partial charge is 0.460 e. The Kier molecular flexibility index (Phi) is 11.7. The molecule has 0 radical (unpaired) electrons. The van der Waals surface area contributed by atoms with E-state index in [0.29, 0.717) is 36.5 Å². The number of alkyl halides is 9. The second-order valence-corrected chi connectivity index (χ2v) is 17.0. The van der Waals surface area contributed by atoms with Gasteiger partial charge in [-0.05, 0) is 96.3 Å². The highest BCUT2D eigenvalue weighted by molar-refractivity contribution is 7.84. The Labute approximate surface area is 279 Å². The van der Waals surface area contributed by atoms with E-state index in [2.05, 4.69) is 26.8 Å². The zero-order valence-corrected chi connectivity index (χ0v) is 28.7. The summed E-state index contributed by atoms with van der Waals surface area (Å²) in [4.78, 5) is 0. The molecule has 48 heavy (non-hydrogen) atoms. The van der Waals surface area contributed by atoms with Crippen molar-refractivity contribution < 1.29 is 53.9 Å². The second kappa shape index (κ2) is 14.3. The Morgan fingerprint density at radius 3 is 2.08 bits per heavy atom. The molecule has 3 aliphatic carbocycles. The van der Waals surface area contributed by atoms with Gasteiger partial charge in [0, 0.05) is 28.7 Å². The molecule has 0 aromatic heterocycles. The van der Waals surface area contributed by atoms with Gasteiger partial charge in [-0.15, -0.1) is 0 Å². The Morgan fingerprint density at radius 1 is 0.854 bits per heavy atom. The van der Waals surface area contributed by atoms with Gasteiger partial charge in [-0.25, -0.2) is 0 Å². The summed E-state index contributed by atoms with van der Waals surface area (Å²) < 4.78 is 129. The summed E-state index contributed by atoms with van der Waals surface area (Å²) in [6, 6.07) is 5.77. The van der Waals surface area contributed by atoms with Crippen LogP contribution in [0.25, 0.3) is 0 Å². The van der Waals surface area contributed by atoms with E-state index >= 15 is 0 Å². The zero-order valence-electron chi connectivity index (χ0n) is 27.8. The number of hydrogen-bond acceptors (Lipinski definition) is 3. The van der Waals surface area contributed by atoms with Crippen LogP contribution in [-0.2, 0) is 17.2 Å². The molecule has 0 saturated heterocycles. The standard InChI is InChI=1S/C35H49F9O3S/c1-30(2)28(46)21-27-29-22(19-23-20-24(45)12-13-25(23)26(29)14-15-31(27,30)3)11-9-7-5-4-6-8-10-17-48(47)18-16-32(36,37)33(38,39)34(40,41)35(42,43)44/h12-13,20,22,26-29,45-46H,4-11,14-19,21H2,1-3H3/t22-,26?,27?,28-,29?,31+,48?/m1/s1. The Balaban J connectivity index is 1.19. The molecule has 4 rings (SSSR count). The summed E-state index contributed by atoms with van der Waals surface area (Å²) in [7, 11) is -2.07. The van der Waals surface area contributed by atoms with Gasteiger partial charge in [0.15, 0.2) is 0 Å². The first-order valence-electron chi connectivity index (χ1n) is 17.1. The van der Waals surface area contributed by atoms with Crippen LogP contribution in [0.1, 0.15) is 115 Å². The van der Waals surface area contributed by atoms with Crippen LogP contribution in [0.4, 0.5) is 39.5 Å². The number of aliphatic hydroxyl groups excluding tert-OH is 1. The van der Waals surface area contributed by atoms with Gasteiger partial charge in [0.2, 0.25) is 0 Å². The summed E-state index contributed by atoms with van der Waals surface area (Å²) in [5.41, 5.74) is 2.45. The predicted octanol–water partition coefficient (Wildman–Crippen LogP) is 10.2. The van der Waals surface area contributed by atoms with Crippen molar-refractivity contribution in [2.45, 2.75) is 140 Å². The third kappa shape index (κ3) is 7.29.